The number of carbonyl (C=O) groups excluding carboxylic acids is 4. The number of nitrogens with one attached hydrogen (secondary N) is 2. The van der Waals surface area contributed by atoms with E-state index in [9.17, 15) is 23.6 Å². The molecule has 2 saturated heterocycles. The van der Waals surface area contributed by atoms with Crippen LogP contribution < -0.4 is 10.2 Å². The highest BCUT2D eigenvalue weighted by Crippen LogP contribution is 2.41. The van der Waals surface area contributed by atoms with Crippen LogP contribution in [0.4, 0.5) is 14.9 Å². The zero-order chi connectivity index (χ0) is 28.2. The molecule has 2 N–H and O–H groups in total. The van der Waals surface area contributed by atoms with E-state index in [0.717, 1.165) is 40.6 Å². The Balaban J connectivity index is 1.22. The number of carbonyl (C=O) groups is 4. The number of anilines is 1. The van der Waals surface area contributed by atoms with Gasteiger partial charge in [-0.2, -0.15) is 5.10 Å². The van der Waals surface area contributed by atoms with Gasteiger partial charge in [0, 0.05) is 31.2 Å². The highest BCUT2D eigenvalue weighted by Gasteiger charge is 2.58. The summed E-state index contributed by atoms with van der Waals surface area (Å²) in [5, 5.41) is 10.6. The maximum absolute atomic E-state index is 14.4. The molecule has 0 radical (unpaired) electrons. The topological polar surface area (TPSA) is 119 Å². The van der Waals surface area contributed by atoms with E-state index in [0.29, 0.717) is 5.69 Å². The van der Waals surface area contributed by atoms with Crippen LogP contribution in [0.5, 0.6) is 0 Å². The molecule has 5 amide bonds. The number of likely N-dealkylation sites (tertiary alicyclic amines) is 1. The van der Waals surface area contributed by atoms with Crippen molar-refractivity contribution in [3.8, 4) is 0 Å². The Labute approximate surface area is 230 Å². The Bertz CT molecular complexity index is 1520. The number of fused-ring (bicyclic) bond motifs is 1. The maximum atomic E-state index is 14.4. The van der Waals surface area contributed by atoms with E-state index >= 15 is 0 Å². The van der Waals surface area contributed by atoms with E-state index in [1.165, 1.54) is 19.2 Å². The first-order valence-electron chi connectivity index (χ1n) is 13.6. The molecule has 3 aromatic rings. The molecule has 1 aliphatic carbocycles. The number of hydrogen-bond donors (Lipinski definition) is 2. The van der Waals surface area contributed by atoms with Crippen molar-refractivity contribution < 1.29 is 23.6 Å². The summed E-state index contributed by atoms with van der Waals surface area (Å²) in [7, 11) is 1.48. The Morgan fingerprint density at radius 3 is 2.58 bits per heavy atom. The van der Waals surface area contributed by atoms with Gasteiger partial charge in [-0.05, 0) is 68.9 Å². The number of benzene rings is 2. The van der Waals surface area contributed by atoms with Crippen LogP contribution in [-0.4, -0.2) is 75.5 Å². The zero-order valence-electron chi connectivity index (χ0n) is 22.4. The number of aryl methyl sites for hydroxylation is 1. The first kappa shape index (κ1) is 26.0. The second-order valence-electron chi connectivity index (χ2n) is 11.1. The number of rotatable bonds is 5. The summed E-state index contributed by atoms with van der Waals surface area (Å²) in [5.41, 5.74) is 0.963. The van der Waals surface area contributed by atoms with E-state index in [-0.39, 0.29) is 49.2 Å². The summed E-state index contributed by atoms with van der Waals surface area (Å²) in [6.45, 7) is 2.26. The lowest BCUT2D eigenvalue weighted by Gasteiger charge is -2.44. The zero-order valence-corrected chi connectivity index (χ0v) is 22.4. The maximum Gasteiger partial charge on any atom is 0.331 e. The van der Waals surface area contributed by atoms with Crippen molar-refractivity contribution in [2.24, 2.45) is 5.92 Å². The molecule has 0 bridgehead atoms. The lowest BCUT2D eigenvalue weighted by molar-refractivity contribution is -0.140. The summed E-state index contributed by atoms with van der Waals surface area (Å²) in [6.07, 6.45) is 4.74. The fourth-order valence-corrected chi connectivity index (χ4v) is 6.17. The molecule has 3 aliphatic rings. The van der Waals surface area contributed by atoms with Crippen molar-refractivity contribution in [1.29, 1.82) is 0 Å². The number of amides is 5. The molecule has 2 aromatic carbocycles. The summed E-state index contributed by atoms with van der Waals surface area (Å²) < 4.78 is 14.4. The van der Waals surface area contributed by atoms with Crippen LogP contribution in [0.25, 0.3) is 10.9 Å². The number of halogens is 1. The van der Waals surface area contributed by atoms with Gasteiger partial charge in [0.1, 0.15) is 17.4 Å². The number of likely N-dealkylation sites (N-methyl/N-ethyl adjacent to an activating group) is 1. The minimum Gasteiger partial charge on any atom is -0.341 e. The molecule has 1 saturated carbocycles. The minimum atomic E-state index is -1.11. The van der Waals surface area contributed by atoms with Gasteiger partial charge in [0.05, 0.1) is 17.3 Å². The number of aromatic nitrogens is 2. The van der Waals surface area contributed by atoms with Gasteiger partial charge < -0.3 is 10.2 Å². The summed E-state index contributed by atoms with van der Waals surface area (Å²) >= 11 is 0. The Morgan fingerprint density at radius 2 is 1.88 bits per heavy atom. The van der Waals surface area contributed by atoms with Gasteiger partial charge in [0.25, 0.3) is 11.8 Å². The minimum absolute atomic E-state index is 0.0285. The Hall–Kier alpha value is -4.28. The normalized spacial score (nSPS) is 19.8. The first-order valence-corrected chi connectivity index (χ1v) is 13.6. The van der Waals surface area contributed by atoms with Gasteiger partial charge in [0.15, 0.2) is 0 Å². The van der Waals surface area contributed by atoms with Crippen LogP contribution in [0.2, 0.25) is 0 Å². The third-order valence-corrected chi connectivity index (χ3v) is 8.73. The highest BCUT2D eigenvalue weighted by molar-refractivity contribution is 6.17. The third kappa shape index (κ3) is 4.11. The number of nitrogens with zero attached hydrogens (tertiary/aromatic N) is 4. The molecule has 1 aromatic heterocycles. The SMILES string of the molecule is Cc1ccc(F)c(C(=O)N[C@@H](C(=O)N2CCC3(CC2)C(=O)N(C)C(=O)N3c2ccc3[nH]ncc3c2)C2CCC2)c1. The fraction of sp³-hybridized carbons (Fsp3) is 0.414. The van der Waals surface area contributed by atoms with Crippen LogP contribution in [0.1, 0.15) is 48.0 Å². The molecule has 3 heterocycles. The summed E-state index contributed by atoms with van der Waals surface area (Å²) in [4.78, 5) is 57.9. The van der Waals surface area contributed by atoms with Gasteiger partial charge in [-0.1, -0.05) is 18.1 Å². The smallest absolute Gasteiger partial charge is 0.331 e. The van der Waals surface area contributed by atoms with E-state index in [4.69, 9.17) is 0 Å². The van der Waals surface area contributed by atoms with E-state index in [1.807, 2.05) is 12.1 Å². The van der Waals surface area contributed by atoms with Crippen molar-refractivity contribution in [2.45, 2.75) is 50.6 Å². The van der Waals surface area contributed by atoms with Crippen LogP contribution >= 0.6 is 0 Å². The van der Waals surface area contributed by atoms with E-state index < -0.39 is 29.3 Å². The quantitative estimate of drug-likeness (QED) is 0.476. The molecule has 6 rings (SSSR count). The predicted molar refractivity (Wildman–Crippen MR) is 145 cm³/mol. The molecule has 11 heteroatoms. The Morgan fingerprint density at radius 1 is 1.12 bits per heavy atom. The molecule has 1 spiro atoms. The lowest BCUT2D eigenvalue weighted by Crippen LogP contribution is -2.61. The fourth-order valence-electron chi connectivity index (χ4n) is 6.17. The van der Waals surface area contributed by atoms with Crippen molar-refractivity contribution in [2.75, 3.05) is 25.0 Å². The number of aromatic amines is 1. The summed E-state index contributed by atoms with van der Waals surface area (Å²) in [5.74, 6) is -1.81. The van der Waals surface area contributed by atoms with Crippen LogP contribution in [0, 0.1) is 18.7 Å². The molecule has 40 heavy (non-hydrogen) atoms. The number of urea groups is 1. The summed E-state index contributed by atoms with van der Waals surface area (Å²) in [6, 6.07) is 8.57. The van der Waals surface area contributed by atoms with Crippen molar-refractivity contribution in [1.82, 2.24) is 25.3 Å². The highest BCUT2D eigenvalue weighted by atomic mass is 19.1. The average Bonchev–Trinajstić information content (AvgIpc) is 3.46. The van der Waals surface area contributed by atoms with E-state index in [1.54, 1.807) is 35.1 Å². The van der Waals surface area contributed by atoms with Crippen molar-refractivity contribution in [3.63, 3.8) is 0 Å². The molecule has 1 atom stereocenters. The van der Waals surface area contributed by atoms with Crippen LogP contribution in [0.3, 0.4) is 0 Å². The second kappa shape index (κ2) is 9.72. The number of H-pyrrole nitrogens is 1. The monoisotopic (exact) mass is 546 g/mol. The second-order valence-corrected chi connectivity index (χ2v) is 11.1. The molecule has 2 aliphatic heterocycles. The van der Waals surface area contributed by atoms with Gasteiger partial charge in [-0.15, -0.1) is 0 Å². The molecule has 10 nitrogen and oxygen atoms in total. The van der Waals surface area contributed by atoms with E-state index in [2.05, 4.69) is 15.5 Å². The van der Waals surface area contributed by atoms with Crippen molar-refractivity contribution >= 4 is 40.3 Å². The standard InChI is InChI=1S/C29H31FN6O4/c1-17-6-8-22(30)21(14-17)25(37)32-24(18-4-3-5-18)26(38)35-12-10-29(11-13-35)27(39)34(2)28(40)36(29)20-7-9-23-19(15-20)16-31-33-23/h6-9,14-16,18,24H,3-5,10-13H2,1-2H3,(H,31,33)(H,32,37)/t24-/m1/s1. The molecule has 3 fully saturated rings. The van der Waals surface area contributed by atoms with Gasteiger partial charge in [-0.25, -0.2) is 9.18 Å². The number of piperidine rings is 1. The van der Waals surface area contributed by atoms with Crippen LogP contribution in [-0.2, 0) is 9.59 Å². The average molecular weight is 547 g/mol. The Kier molecular flexibility index (Phi) is 6.31. The largest absolute Gasteiger partial charge is 0.341 e. The van der Waals surface area contributed by atoms with Gasteiger partial charge in [0.2, 0.25) is 5.91 Å². The molecule has 208 valence electrons. The molecular formula is C29H31FN6O4. The van der Waals surface area contributed by atoms with Crippen molar-refractivity contribution in [3.05, 3.63) is 59.5 Å². The predicted octanol–water partition coefficient (Wildman–Crippen LogP) is 3.37. The number of imide groups is 1. The lowest BCUT2D eigenvalue weighted by atomic mass is 9.78. The number of hydrogen-bond acceptors (Lipinski definition) is 5. The first-order chi connectivity index (χ1) is 19.2. The van der Waals surface area contributed by atoms with Gasteiger partial charge >= 0.3 is 6.03 Å². The van der Waals surface area contributed by atoms with Crippen LogP contribution in [0.15, 0.2) is 42.6 Å². The third-order valence-electron chi connectivity index (χ3n) is 8.73. The van der Waals surface area contributed by atoms with Gasteiger partial charge in [-0.3, -0.25) is 29.3 Å². The molecule has 0 unspecified atom stereocenters. The molecular weight excluding hydrogens is 515 g/mol.